The van der Waals surface area contributed by atoms with Crippen LogP contribution in [0.5, 0.6) is 0 Å². The molecule has 6 heteroatoms. The fourth-order valence-corrected chi connectivity index (χ4v) is 2.94. The maximum Gasteiger partial charge on any atom is 0.251 e. The van der Waals surface area contributed by atoms with Crippen LogP contribution in [-0.4, -0.2) is 16.0 Å². The number of rotatable bonds is 5. The fraction of sp³-hybridized carbons (Fsp3) is 0.312. The molecule has 2 heterocycles. The lowest BCUT2D eigenvalue weighted by molar-refractivity contribution is 0.0947. The van der Waals surface area contributed by atoms with E-state index in [-0.39, 0.29) is 5.91 Å². The number of thiazole rings is 1. The van der Waals surface area contributed by atoms with Crippen LogP contribution in [0.4, 0.5) is 0 Å². The van der Waals surface area contributed by atoms with Crippen LogP contribution in [0.1, 0.15) is 35.7 Å². The van der Waals surface area contributed by atoms with Crippen molar-refractivity contribution in [3.05, 3.63) is 46.8 Å². The van der Waals surface area contributed by atoms with Crippen LogP contribution in [0, 0.1) is 5.92 Å². The number of carbonyl (C=O) groups excluding carboxylic acids is 1. The molecule has 0 atom stereocenters. The van der Waals surface area contributed by atoms with Gasteiger partial charge < -0.3 is 9.84 Å². The molecule has 3 aromatic rings. The summed E-state index contributed by atoms with van der Waals surface area (Å²) in [4.78, 5) is 16.4. The highest BCUT2D eigenvalue weighted by Gasteiger charge is 2.10. The summed E-state index contributed by atoms with van der Waals surface area (Å²) in [6, 6.07) is 7.39. The highest BCUT2D eigenvalue weighted by atomic mass is 32.1. The predicted octanol–water partition coefficient (Wildman–Crippen LogP) is 3.41. The van der Waals surface area contributed by atoms with Crippen LogP contribution in [0.15, 0.2) is 34.3 Å². The molecule has 0 unspecified atom stereocenters. The smallest absolute Gasteiger partial charge is 0.251 e. The van der Waals surface area contributed by atoms with Gasteiger partial charge in [0.25, 0.3) is 5.91 Å². The Labute approximate surface area is 132 Å². The van der Waals surface area contributed by atoms with Crippen molar-refractivity contribution in [2.45, 2.75) is 26.8 Å². The Morgan fingerprint density at radius 3 is 3.05 bits per heavy atom. The summed E-state index contributed by atoms with van der Waals surface area (Å²) >= 11 is 1.52. The van der Waals surface area contributed by atoms with E-state index < -0.39 is 0 Å². The molecule has 22 heavy (non-hydrogen) atoms. The van der Waals surface area contributed by atoms with Crippen LogP contribution >= 0.6 is 11.3 Å². The lowest BCUT2D eigenvalue weighted by atomic mass is 10.1. The van der Waals surface area contributed by atoms with Crippen molar-refractivity contribution in [2.75, 3.05) is 0 Å². The first-order chi connectivity index (χ1) is 10.6. The van der Waals surface area contributed by atoms with Gasteiger partial charge in [-0.1, -0.05) is 19.0 Å². The molecule has 1 N–H and O–H groups in total. The van der Waals surface area contributed by atoms with E-state index in [1.165, 1.54) is 11.3 Å². The summed E-state index contributed by atoms with van der Waals surface area (Å²) in [5, 5.41) is 6.86. The molecule has 0 aliphatic carbocycles. The molecule has 1 aromatic carbocycles. The number of nitrogens with one attached hydrogen (secondary N) is 1. The minimum absolute atomic E-state index is 0.128. The van der Waals surface area contributed by atoms with Gasteiger partial charge in [0, 0.05) is 11.6 Å². The number of hydrogen-bond acceptors (Lipinski definition) is 5. The molecule has 0 spiro atoms. The Hall–Kier alpha value is -2.21. The van der Waals surface area contributed by atoms with E-state index in [0.717, 1.165) is 22.3 Å². The zero-order valence-electron chi connectivity index (χ0n) is 12.5. The summed E-state index contributed by atoms with van der Waals surface area (Å²) in [6.45, 7) is 4.60. The Kier molecular flexibility index (Phi) is 4.20. The van der Waals surface area contributed by atoms with Gasteiger partial charge in [-0.15, -0.1) is 11.3 Å². The second kappa shape index (κ2) is 6.27. The van der Waals surface area contributed by atoms with Gasteiger partial charge in [-0.3, -0.25) is 4.79 Å². The molecular weight excluding hydrogens is 298 g/mol. The molecule has 114 valence electrons. The van der Waals surface area contributed by atoms with Gasteiger partial charge in [-0.2, -0.15) is 0 Å². The summed E-state index contributed by atoms with van der Waals surface area (Å²) in [7, 11) is 0. The lowest BCUT2D eigenvalue weighted by Gasteiger charge is -2.02. The quantitative estimate of drug-likeness (QED) is 0.783. The highest BCUT2D eigenvalue weighted by Crippen LogP contribution is 2.19. The predicted molar refractivity (Wildman–Crippen MR) is 85.8 cm³/mol. The van der Waals surface area contributed by atoms with E-state index in [0.29, 0.717) is 23.8 Å². The lowest BCUT2D eigenvalue weighted by Crippen LogP contribution is -2.22. The van der Waals surface area contributed by atoms with Gasteiger partial charge in [0.05, 0.1) is 28.0 Å². The topological polar surface area (TPSA) is 68.0 Å². The minimum Gasteiger partial charge on any atom is -0.359 e. The van der Waals surface area contributed by atoms with Crippen molar-refractivity contribution in [1.82, 2.24) is 15.5 Å². The largest absolute Gasteiger partial charge is 0.359 e. The van der Waals surface area contributed by atoms with Crippen LogP contribution in [-0.2, 0) is 13.0 Å². The van der Waals surface area contributed by atoms with Crippen molar-refractivity contribution >= 4 is 27.5 Å². The van der Waals surface area contributed by atoms with Crippen molar-refractivity contribution in [2.24, 2.45) is 5.92 Å². The van der Waals surface area contributed by atoms with E-state index in [1.54, 1.807) is 11.6 Å². The normalized spacial score (nSPS) is 11.2. The average molecular weight is 315 g/mol. The molecule has 0 saturated carbocycles. The molecule has 0 radical (unpaired) electrons. The van der Waals surface area contributed by atoms with E-state index in [1.807, 2.05) is 18.2 Å². The number of carbonyl (C=O) groups is 1. The molecule has 0 aliphatic rings. The van der Waals surface area contributed by atoms with E-state index in [2.05, 4.69) is 29.3 Å². The number of amides is 1. The number of nitrogens with zero attached hydrogens (tertiary/aromatic N) is 2. The molecular formula is C16H17N3O2S. The van der Waals surface area contributed by atoms with Gasteiger partial charge in [0.1, 0.15) is 0 Å². The van der Waals surface area contributed by atoms with Crippen LogP contribution in [0.25, 0.3) is 10.2 Å². The zero-order valence-corrected chi connectivity index (χ0v) is 13.3. The summed E-state index contributed by atoms with van der Waals surface area (Å²) in [5.41, 5.74) is 4.23. The van der Waals surface area contributed by atoms with Gasteiger partial charge in [-0.05, 0) is 30.5 Å². The van der Waals surface area contributed by atoms with E-state index in [4.69, 9.17) is 4.52 Å². The third kappa shape index (κ3) is 3.33. The number of hydrogen-bond donors (Lipinski definition) is 1. The van der Waals surface area contributed by atoms with Crippen LogP contribution in [0.2, 0.25) is 0 Å². The van der Waals surface area contributed by atoms with Crippen molar-refractivity contribution in [1.29, 1.82) is 0 Å². The minimum atomic E-state index is -0.128. The average Bonchev–Trinajstić information content (AvgIpc) is 3.12. The van der Waals surface area contributed by atoms with Gasteiger partial charge in [0.2, 0.25) is 0 Å². The SMILES string of the molecule is CC(C)Cc1cc(CNC(=O)c2ccc3ncsc3c2)on1. The Morgan fingerprint density at radius 2 is 2.23 bits per heavy atom. The fourth-order valence-electron chi connectivity index (χ4n) is 2.22. The summed E-state index contributed by atoms with van der Waals surface area (Å²) in [5.74, 6) is 1.07. The summed E-state index contributed by atoms with van der Waals surface area (Å²) < 4.78 is 6.24. The van der Waals surface area contributed by atoms with Crippen LogP contribution < -0.4 is 5.32 Å². The van der Waals surface area contributed by atoms with Crippen molar-refractivity contribution in [3.8, 4) is 0 Å². The number of benzene rings is 1. The maximum absolute atomic E-state index is 12.2. The monoisotopic (exact) mass is 315 g/mol. The second-order valence-corrected chi connectivity index (χ2v) is 6.49. The molecule has 0 saturated heterocycles. The standard InChI is InChI=1S/C16H17N3O2S/c1-10(2)5-12-7-13(21-19-12)8-17-16(20)11-3-4-14-15(6-11)22-9-18-14/h3-4,6-7,9-10H,5,8H2,1-2H3,(H,17,20). The van der Waals surface area contributed by atoms with Gasteiger partial charge in [-0.25, -0.2) is 4.98 Å². The third-order valence-corrected chi connectivity index (χ3v) is 4.03. The van der Waals surface area contributed by atoms with E-state index >= 15 is 0 Å². The number of fused-ring (bicyclic) bond motifs is 1. The third-order valence-electron chi connectivity index (χ3n) is 3.24. The van der Waals surface area contributed by atoms with Gasteiger partial charge >= 0.3 is 0 Å². The molecule has 3 rings (SSSR count). The van der Waals surface area contributed by atoms with Crippen molar-refractivity contribution in [3.63, 3.8) is 0 Å². The first-order valence-corrected chi connectivity index (χ1v) is 8.05. The highest BCUT2D eigenvalue weighted by molar-refractivity contribution is 7.16. The van der Waals surface area contributed by atoms with Gasteiger partial charge in [0.15, 0.2) is 5.76 Å². The summed E-state index contributed by atoms with van der Waals surface area (Å²) in [6.07, 6.45) is 0.874. The Bertz CT molecular complexity index is 791. The molecule has 5 nitrogen and oxygen atoms in total. The molecule has 1 amide bonds. The molecule has 0 aliphatic heterocycles. The Morgan fingerprint density at radius 1 is 1.36 bits per heavy atom. The first-order valence-electron chi connectivity index (χ1n) is 7.18. The van der Waals surface area contributed by atoms with Crippen molar-refractivity contribution < 1.29 is 9.32 Å². The van der Waals surface area contributed by atoms with E-state index in [9.17, 15) is 4.79 Å². The maximum atomic E-state index is 12.2. The molecule has 0 fully saturated rings. The second-order valence-electron chi connectivity index (χ2n) is 5.60. The molecule has 0 bridgehead atoms. The Balaban J connectivity index is 1.63. The number of aromatic nitrogens is 2. The van der Waals surface area contributed by atoms with Crippen LogP contribution in [0.3, 0.4) is 0 Å². The molecule has 2 aromatic heterocycles. The zero-order chi connectivity index (χ0) is 15.5. The first kappa shape index (κ1) is 14.7.